The van der Waals surface area contributed by atoms with Gasteiger partial charge < -0.3 is 14.6 Å². The van der Waals surface area contributed by atoms with Crippen LogP contribution in [0.25, 0.3) is 0 Å². The minimum atomic E-state index is -0.0762. The minimum absolute atomic E-state index is 0.0762. The second-order valence-electron chi connectivity index (χ2n) is 6.15. The number of rotatable bonds is 6. The number of benzene rings is 1. The molecule has 23 heavy (non-hydrogen) atoms. The molecule has 0 spiro atoms. The summed E-state index contributed by atoms with van der Waals surface area (Å²) in [5.41, 5.74) is 2.81. The molecule has 122 valence electrons. The molecular formula is C18H22N2O3. The summed E-state index contributed by atoms with van der Waals surface area (Å²) in [4.78, 5) is 8.37. The van der Waals surface area contributed by atoms with E-state index in [1.54, 1.807) is 0 Å². The van der Waals surface area contributed by atoms with Crippen LogP contribution in [0.5, 0.6) is 23.5 Å². The molecule has 5 nitrogen and oxygen atoms in total. The smallest absolute Gasteiger partial charge is 0.323 e. The third-order valence-electron chi connectivity index (χ3n) is 3.84. The normalized spacial score (nSPS) is 13.9. The van der Waals surface area contributed by atoms with E-state index >= 15 is 0 Å². The van der Waals surface area contributed by atoms with Crippen molar-refractivity contribution in [2.24, 2.45) is 5.92 Å². The Labute approximate surface area is 136 Å². The molecule has 0 saturated heterocycles. The highest BCUT2D eigenvalue weighted by atomic mass is 16.5. The quantitative estimate of drug-likeness (QED) is 0.875. The molecule has 0 bridgehead atoms. The zero-order chi connectivity index (χ0) is 16.4. The van der Waals surface area contributed by atoms with Crippen LogP contribution < -0.4 is 9.47 Å². The van der Waals surface area contributed by atoms with E-state index in [0.717, 1.165) is 11.1 Å². The maximum atomic E-state index is 10.1. The summed E-state index contributed by atoms with van der Waals surface area (Å²) in [6, 6.07) is 6.13. The van der Waals surface area contributed by atoms with Gasteiger partial charge in [-0.05, 0) is 62.3 Å². The number of hydrogen-bond donors (Lipinski definition) is 1. The van der Waals surface area contributed by atoms with Crippen LogP contribution in [0.4, 0.5) is 0 Å². The van der Waals surface area contributed by atoms with Crippen molar-refractivity contribution >= 4 is 0 Å². The lowest BCUT2D eigenvalue weighted by atomic mass is 10.1. The predicted octanol–water partition coefficient (Wildman–Crippen LogP) is 3.94. The molecule has 0 unspecified atom stereocenters. The molecule has 1 aromatic heterocycles. The molecule has 3 rings (SSSR count). The molecule has 1 fully saturated rings. The van der Waals surface area contributed by atoms with Gasteiger partial charge in [-0.1, -0.05) is 13.0 Å². The first-order valence-electron chi connectivity index (χ1n) is 8.04. The van der Waals surface area contributed by atoms with E-state index in [9.17, 15) is 5.11 Å². The minimum Gasteiger partial charge on any atom is -0.493 e. The van der Waals surface area contributed by atoms with E-state index in [0.29, 0.717) is 36.1 Å². The fourth-order valence-electron chi connectivity index (χ4n) is 2.47. The van der Waals surface area contributed by atoms with E-state index in [-0.39, 0.29) is 11.9 Å². The Morgan fingerprint density at radius 2 is 1.83 bits per heavy atom. The predicted molar refractivity (Wildman–Crippen MR) is 87.3 cm³/mol. The Balaban J connectivity index is 1.88. The highest BCUT2D eigenvalue weighted by molar-refractivity contribution is 5.41. The van der Waals surface area contributed by atoms with E-state index in [2.05, 4.69) is 16.0 Å². The van der Waals surface area contributed by atoms with Gasteiger partial charge in [-0.15, -0.1) is 0 Å². The number of hydrogen-bond acceptors (Lipinski definition) is 5. The summed E-state index contributed by atoms with van der Waals surface area (Å²) < 4.78 is 11.5. The molecule has 1 aliphatic rings. The molecule has 2 aromatic rings. The summed E-state index contributed by atoms with van der Waals surface area (Å²) in [5.74, 6) is 1.57. The third kappa shape index (κ3) is 3.92. The van der Waals surface area contributed by atoms with Crippen molar-refractivity contribution in [2.45, 2.75) is 40.0 Å². The molecule has 0 radical (unpaired) electrons. The zero-order valence-corrected chi connectivity index (χ0v) is 13.8. The van der Waals surface area contributed by atoms with Gasteiger partial charge in [0.25, 0.3) is 0 Å². The second-order valence-corrected chi connectivity index (χ2v) is 6.15. The number of nitrogens with zero attached hydrogens (tertiary/aromatic N) is 2. The average Bonchev–Trinajstić information content (AvgIpc) is 3.28. The summed E-state index contributed by atoms with van der Waals surface area (Å²) in [6.45, 7) is 6.55. The monoisotopic (exact) mass is 314 g/mol. The van der Waals surface area contributed by atoms with Gasteiger partial charge >= 0.3 is 6.01 Å². The Kier molecular flexibility index (Phi) is 4.37. The molecule has 0 atom stereocenters. The Bertz CT molecular complexity index is 691. The van der Waals surface area contributed by atoms with Crippen LogP contribution in [0.3, 0.4) is 0 Å². The first-order valence-corrected chi connectivity index (χ1v) is 8.04. The molecule has 1 saturated carbocycles. The van der Waals surface area contributed by atoms with Crippen molar-refractivity contribution in [3.8, 4) is 23.5 Å². The van der Waals surface area contributed by atoms with Crippen LogP contribution in [-0.2, 0) is 6.42 Å². The first-order chi connectivity index (χ1) is 11.0. The zero-order valence-electron chi connectivity index (χ0n) is 13.8. The molecular weight excluding hydrogens is 292 g/mol. The lowest BCUT2D eigenvalue weighted by Crippen LogP contribution is -2.05. The Morgan fingerprint density at radius 1 is 1.13 bits per heavy atom. The van der Waals surface area contributed by atoms with Crippen LogP contribution in [0.15, 0.2) is 18.2 Å². The van der Waals surface area contributed by atoms with Gasteiger partial charge in [-0.25, -0.2) is 0 Å². The summed E-state index contributed by atoms with van der Waals surface area (Å²) in [7, 11) is 0. The molecule has 1 aliphatic carbocycles. The molecule has 1 aromatic carbocycles. The number of ether oxygens (including phenoxy) is 2. The van der Waals surface area contributed by atoms with Crippen LogP contribution in [-0.4, -0.2) is 21.7 Å². The van der Waals surface area contributed by atoms with Crippen molar-refractivity contribution < 1.29 is 14.6 Å². The third-order valence-corrected chi connectivity index (χ3v) is 3.84. The van der Waals surface area contributed by atoms with Crippen LogP contribution in [0, 0.1) is 19.8 Å². The SMILES string of the molecule is CCc1c(O)nc(OCC2CC2)nc1Oc1cc(C)cc(C)c1. The van der Waals surface area contributed by atoms with E-state index < -0.39 is 0 Å². The maximum absolute atomic E-state index is 10.1. The lowest BCUT2D eigenvalue weighted by molar-refractivity contribution is 0.266. The van der Waals surface area contributed by atoms with Crippen molar-refractivity contribution in [3.63, 3.8) is 0 Å². The first kappa shape index (κ1) is 15.6. The van der Waals surface area contributed by atoms with Crippen molar-refractivity contribution in [1.29, 1.82) is 0 Å². The molecule has 1 heterocycles. The van der Waals surface area contributed by atoms with Gasteiger partial charge in [0.15, 0.2) is 0 Å². The maximum Gasteiger partial charge on any atom is 0.323 e. The fourth-order valence-corrected chi connectivity index (χ4v) is 2.47. The van der Waals surface area contributed by atoms with Crippen molar-refractivity contribution in [3.05, 3.63) is 34.9 Å². The molecule has 0 aliphatic heterocycles. The summed E-state index contributed by atoms with van der Waals surface area (Å²) in [6.07, 6.45) is 2.95. The van der Waals surface area contributed by atoms with Gasteiger partial charge in [-0.3, -0.25) is 0 Å². The summed E-state index contributed by atoms with van der Waals surface area (Å²) >= 11 is 0. The van der Waals surface area contributed by atoms with E-state index in [1.807, 2.05) is 32.9 Å². The van der Waals surface area contributed by atoms with E-state index in [1.165, 1.54) is 12.8 Å². The van der Waals surface area contributed by atoms with Crippen LogP contribution in [0.2, 0.25) is 0 Å². The van der Waals surface area contributed by atoms with Crippen molar-refractivity contribution in [1.82, 2.24) is 9.97 Å². The van der Waals surface area contributed by atoms with Crippen LogP contribution >= 0.6 is 0 Å². The topological polar surface area (TPSA) is 64.5 Å². The number of aryl methyl sites for hydroxylation is 2. The number of aromatic hydroxyl groups is 1. The summed E-state index contributed by atoms with van der Waals surface area (Å²) in [5, 5.41) is 10.1. The van der Waals surface area contributed by atoms with Gasteiger partial charge in [0.1, 0.15) is 5.75 Å². The number of aromatic nitrogens is 2. The molecule has 5 heteroatoms. The Hall–Kier alpha value is -2.30. The lowest BCUT2D eigenvalue weighted by Gasteiger charge is -2.13. The molecule has 1 N–H and O–H groups in total. The van der Waals surface area contributed by atoms with Gasteiger partial charge in [0.05, 0.1) is 12.2 Å². The van der Waals surface area contributed by atoms with Gasteiger partial charge in [0, 0.05) is 0 Å². The average molecular weight is 314 g/mol. The fraction of sp³-hybridized carbons (Fsp3) is 0.444. The standard InChI is InChI=1S/C18H22N2O3/c1-4-15-16(21)19-18(22-10-13-5-6-13)20-17(15)23-14-8-11(2)7-12(3)9-14/h7-9,13H,4-6,10H2,1-3H3,(H,19,20,21). The van der Waals surface area contributed by atoms with E-state index in [4.69, 9.17) is 9.47 Å². The highest BCUT2D eigenvalue weighted by Crippen LogP contribution is 2.33. The highest BCUT2D eigenvalue weighted by Gasteiger charge is 2.23. The van der Waals surface area contributed by atoms with Crippen molar-refractivity contribution in [2.75, 3.05) is 6.61 Å². The molecule has 0 amide bonds. The van der Waals surface area contributed by atoms with Crippen LogP contribution in [0.1, 0.15) is 36.5 Å². The largest absolute Gasteiger partial charge is 0.493 e. The Morgan fingerprint density at radius 3 is 2.43 bits per heavy atom. The van der Waals surface area contributed by atoms with Gasteiger partial charge in [0.2, 0.25) is 11.8 Å². The van der Waals surface area contributed by atoms with Gasteiger partial charge in [-0.2, -0.15) is 9.97 Å². The second kappa shape index (κ2) is 6.44.